The molecule has 1 aliphatic carbocycles. The van der Waals surface area contributed by atoms with Crippen LogP contribution in [0.2, 0.25) is 0 Å². The number of carbonyl (C=O) groups excluding carboxylic acids is 1. The Labute approximate surface area is 143 Å². The summed E-state index contributed by atoms with van der Waals surface area (Å²) in [6, 6.07) is -0.349. The fourth-order valence-electron chi connectivity index (χ4n) is 4.11. The highest BCUT2D eigenvalue weighted by molar-refractivity contribution is 5.75. The van der Waals surface area contributed by atoms with Crippen LogP contribution in [0.4, 0.5) is 4.79 Å². The second-order valence-electron chi connectivity index (χ2n) is 6.98. The van der Waals surface area contributed by atoms with Crippen molar-refractivity contribution in [2.45, 2.75) is 44.9 Å². The molecule has 3 rings (SSSR count). The topological polar surface area (TPSA) is 105 Å². The Bertz CT molecular complexity index is 412. The van der Waals surface area contributed by atoms with E-state index in [-0.39, 0.29) is 6.03 Å². The van der Waals surface area contributed by atoms with Crippen LogP contribution >= 0.6 is 0 Å². The largest absolute Gasteiger partial charge is 0.481 e. The Balaban J connectivity index is 0.000000198. The molecule has 0 radical (unpaired) electrons. The van der Waals surface area contributed by atoms with Gasteiger partial charge in [-0.2, -0.15) is 0 Å². The number of piperidine rings is 1. The third-order valence-electron chi connectivity index (χ3n) is 5.63. The van der Waals surface area contributed by atoms with E-state index in [1.807, 2.05) is 0 Å². The summed E-state index contributed by atoms with van der Waals surface area (Å²) < 4.78 is 5.00. The van der Waals surface area contributed by atoms with Crippen molar-refractivity contribution >= 4 is 12.0 Å². The molecule has 138 valence electrons. The maximum absolute atomic E-state index is 11.5. The number of nitrogens with zero attached hydrogens (tertiary/aromatic N) is 1. The highest BCUT2D eigenvalue weighted by atomic mass is 16.5. The molecule has 24 heavy (non-hydrogen) atoms. The molecule has 4 N–H and O–H groups in total. The summed E-state index contributed by atoms with van der Waals surface area (Å²) in [5.41, 5.74) is 4.60. The van der Waals surface area contributed by atoms with Crippen molar-refractivity contribution in [3.8, 4) is 0 Å². The van der Waals surface area contributed by atoms with Gasteiger partial charge >= 0.3 is 12.0 Å². The van der Waals surface area contributed by atoms with Crippen LogP contribution in [-0.2, 0) is 9.53 Å². The first-order valence-electron chi connectivity index (χ1n) is 9.12. The molecule has 2 aliphatic heterocycles. The van der Waals surface area contributed by atoms with Crippen LogP contribution in [0.25, 0.3) is 0 Å². The third kappa shape index (κ3) is 4.83. The summed E-state index contributed by atoms with van der Waals surface area (Å²) in [4.78, 5) is 23.6. The molecule has 0 unspecified atom stereocenters. The molecule has 2 amide bonds. The number of primary amides is 1. The molecule has 3 fully saturated rings. The average molecular weight is 341 g/mol. The number of nitrogens with two attached hydrogens (primary N) is 1. The minimum atomic E-state index is -0.545. The van der Waals surface area contributed by atoms with Crippen molar-refractivity contribution in [2.24, 2.45) is 17.1 Å². The lowest BCUT2D eigenvalue weighted by Gasteiger charge is -2.42. The summed E-state index contributed by atoms with van der Waals surface area (Å²) in [5.74, 6) is -0.109. The Morgan fingerprint density at radius 3 is 2.12 bits per heavy atom. The summed E-state index contributed by atoms with van der Waals surface area (Å²) in [6.07, 6.45) is 7.67. The minimum Gasteiger partial charge on any atom is -0.481 e. The van der Waals surface area contributed by atoms with E-state index in [4.69, 9.17) is 10.5 Å². The van der Waals surface area contributed by atoms with E-state index in [0.29, 0.717) is 32.2 Å². The van der Waals surface area contributed by atoms with Crippen LogP contribution < -0.4 is 11.1 Å². The van der Waals surface area contributed by atoms with Crippen molar-refractivity contribution in [1.29, 1.82) is 0 Å². The molecule has 0 spiro atoms. The smallest absolute Gasteiger partial charge is 0.314 e. The molecule has 3 aliphatic rings. The van der Waals surface area contributed by atoms with E-state index in [1.54, 1.807) is 4.90 Å². The quantitative estimate of drug-likeness (QED) is 0.704. The first kappa shape index (κ1) is 19.0. The van der Waals surface area contributed by atoms with Crippen molar-refractivity contribution in [3.63, 3.8) is 0 Å². The van der Waals surface area contributed by atoms with Gasteiger partial charge in [-0.25, -0.2) is 4.79 Å². The number of rotatable bonds is 2. The van der Waals surface area contributed by atoms with Gasteiger partial charge in [0.1, 0.15) is 0 Å². The molecule has 7 heteroatoms. The number of amides is 2. The summed E-state index contributed by atoms with van der Waals surface area (Å²) in [7, 11) is 0. The van der Waals surface area contributed by atoms with Crippen LogP contribution in [-0.4, -0.2) is 61.4 Å². The zero-order valence-corrected chi connectivity index (χ0v) is 14.5. The van der Waals surface area contributed by atoms with E-state index in [1.165, 1.54) is 19.3 Å². The molecule has 2 heterocycles. The Kier molecular flexibility index (Phi) is 7.30. The van der Waals surface area contributed by atoms with Gasteiger partial charge in [-0.1, -0.05) is 19.3 Å². The van der Waals surface area contributed by atoms with Gasteiger partial charge in [-0.05, 0) is 44.7 Å². The predicted molar refractivity (Wildman–Crippen MR) is 90.7 cm³/mol. The molecule has 7 nitrogen and oxygen atoms in total. The van der Waals surface area contributed by atoms with Crippen molar-refractivity contribution in [1.82, 2.24) is 10.2 Å². The number of carboxylic acid groups (broad SMARTS) is 1. The molecular weight excluding hydrogens is 310 g/mol. The van der Waals surface area contributed by atoms with Gasteiger partial charge in [0.05, 0.1) is 18.6 Å². The first-order chi connectivity index (χ1) is 11.6. The third-order valence-corrected chi connectivity index (χ3v) is 5.63. The molecule has 0 aromatic carbocycles. The van der Waals surface area contributed by atoms with Gasteiger partial charge < -0.3 is 25.8 Å². The van der Waals surface area contributed by atoms with Crippen molar-refractivity contribution in [3.05, 3.63) is 0 Å². The number of nitrogens with one attached hydrogen (secondary N) is 1. The maximum Gasteiger partial charge on any atom is 0.314 e. The molecule has 0 bridgehead atoms. The number of hydrogen-bond acceptors (Lipinski definition) is 4. The van der Waals surface area contributed by atoms with E-state index < -0.39 is 11.4 Å². The number of carbonyl (C=O) groups is 2. The van der Waals surface area contributed by atoms with Gasteiger partial charge in [0.15, 0.2) is 0 Å². The van der Waals surface area contributed by atoms with Gasteiger partial charge in [0.2, 0.25) is 0 Å². The number of ether oxygens (including phenoxy) is 1. The monoisotopic (exact) mass is 341 g/mol. The molecule has 0 aromatic heterocycles. The van der Waals surface area contributed by atoms with E-state index in [0.717, 1.165) is 38.8 Å². The van der Waals surface area contributed by atoms with Crippen LogP contribution in [0.3, 0.4) is 0 Å². The van der Waals surface area contributed by atoms with Crippen molar-refractivity contribution in [2.75, 3.05) is 39.4 Å². The van der Waals surface area contributed by atoms with Crippen LogP contribution in [0.1, 0.15) is 44.9 Å². The standard InChI is InChI=1S/C12H21NO2.C5H10N2O2/c14-11(15)12(6-8-13-9-7-12)10-4-2-1-3-5-10;6-5(8)7-1-3-9-4-2-7/h10,13H,1-9H2,(H,14,15);1-4H2,(H2,6,8). The average Bonchev–Trinajstić information content (AvgIpc) is 2.64. The fraction of sp³-hybridized carbons (Fsp3) is 0.882. The summed E-state index contributed by atoms with van der Waals surface area (Å²) >= 11 is 0. The van der Waals surface area contributed by atoms with Gasteiger partial charge in [0, 0.05) is 13.1 Å². The number of urea groups is 1. The lowest BCUT2D eigenvalue weighted by atomic mass is 9.64. The predicted octanol–water partition coefficient (Wildman–Crippen LogP) is 1.42. The zero-order valence-electron chi connectivity index (χ0n) is 14.5. The van der Waals surface area contributed by atoms with Crippen molar-refractivity contribution < 1.29 is 19.4 Å². The maximum atomic E-state index is 11.5. The molecular formula is C17H31N3O4. The Morgan fingerprint density at radius 2 is 1.67 bits per heavy atom. The SMILES string of the molecule is NC(=O)N1CCOCC1.O=C(O)C1(C2CCCCC2)CCNCC1. The van der Waals surface area contributed by atoms with Crippen LogP contribution in [0.15, 0.2) is 0 Å². The zero-order chi connectivity index (χ0) is 17.4. The number of hydrogen-bond donors (Lipinski definition) is 3. The first-order valence-corrected chi connectivity index (χ1v) is 9.12. The second kappa shape index (κ2) is 9.22. The molecule has 2 saturated heterocycles. The number of carboxylic acids is 1. The highest BCUT2D eigenvalue weighted by Gasteiger charge is 2.46. The van der Waals surface area contributed by atoms with E-state index in [2.05, 4.69) is 5.32 Å². The lowest BCUT2D eigenvalue weighted by Crippen LogP contribution is -2.47. The summed E-state index contributed by atoms with van der Waals surface area (Å²) in [6.45, 7) is 4.25. The van der Waals surface area contributed by atoms with Crippen LogP contribution in [0, 0.1) is 11.3 Å². The van der Waals surface area contributed by atoms with E-state index in [9.17, 15) is 14.7 Å². The Morgan fingerprint density at radius 1 is 1.08 bits per heavy atom. The minimum absolute atomic E-state index is 0.349. The van der Waals surface area contributed by atoms with Gasteiger partial charge in [-0.15, -0.1) is 0 Å². The molecule has 1 saturated carbocycles. The van der Waals surface area contributed by atoms with Gasteiger partial charge in [-0.3, -0.25) is 4.79 Å². The van der Waals surface area contributed by atoms with E-state index >= 15 is 0 Å². The van der Waals surface area contributed by atoms with Crippen LogP contribution in [0.5, 0.6) is 0 Å². The Hall–Kier alpha value is -1.34. The number of aliphatic carboxylic acids is 1. The number of morpholine rings is 1. The lowest BCUT2D eigenvalue weighted by molar-refractivity contribution is -0.156. The second-order valence-corrected chi connectivity index (χ2v) is 6.98. The summed E-state index contributed by atoms with van der Waals surface area (Å²) in [5, 5.41) is 12.8. The normalized spacial score (nSPS) is 24.6. The molecule has 0 atom stereocenters. The highest BCUT2D eigenvalue weighted by Crippen LogP contribution is 2.44. The van der Waals surface area contributed by atoms with Gasteiger partial charge in [0.25, 0.3) is 0 Å². The fourth-order valence-corrected chi connectivity index (χ4v) is 4.11. The molecule has 0 aromatic rings.